The van der Waals surface area contributed by atoms with E-state index in [4.69, 9.17) is 10.5 Å². The van der Waals surface area contributed by atoms with Crippen molar-refractivity contribution in [3.05, 3.63) is 17.4 Å². The van der Waals surface area contributed by atoms with Gasteiger partial charge >= 0.3 is 5.97 Å². The molecule has 27 heavy (non-hydrogen) atoms. The number of carboxylic acid groups (broad SMARTS) is 1. The van der Waals surface area contributed by atoms with Crippen LogP contribution >= 0.6 is 0 Å². The van der Waals surface area contributed by atoms with Crippen LogP contribution in [0, 0.1) is 17.7 Å². The van der Waals surface area contributed by atoms with Crippen LogP contribution in [0.4, 0.5) is 15.8 Å². The first kappa shape index (κ1) is 18.0. The summed E-state index contributed by atoms with van der Waals surface area (Å²) >= 11 is 0. The smallest absolute Gasteiger partial charge is 0.316 e. The molecule has 8 heteroatoms. The second-order valence-corrected chi connectivity index (χ2v) is 7.61. The van der Waals surface area contributed by atoms with E-state index in [9.17, 15) is 14.7 Å². The number of carbonyl (C=O) groups excluding carboxylic acids is 1. The molecule has 0 radical (unpaired) electrons. The van der Waals surface area contributed by atoms with Crippen molar-refractivity contribution in [2.75, 3.05) is 43.1 Å². The lowest BCUT2D eigenvalue weighted by Gasteiger charge is -2.36. The predicted octanol–water partition coefficient (Wildman–Crippen LogP) is 1.49. The summed E-state index contributed by atoms with van der Waals surface area (Å²) in [6.07, 6.45) is 2.73. The monoisotopic (exact) mass is 377 g/mol. The van der Waals surface area contributed by atoms with Gasteiger partial charge in [0.05, 0.1) is 12.8 Å². The van der Waals surface area contributed by atoms with Crippen LogP contribution in [0.1, 0.15) is 29.6 Å². The molecule has 1 aromatic rings. The van der Waals surface area contributed by atoms with Gasteiger partial charge in [0, 0.05) is 31.2 Å². The van der Waals surface area contributed by atoms with E-state index in [0.717, 1.165) is 19.3 Å². The lowest BCUT2D eigenvalue weighted by molar-refractivity contribution is -0.139. The number of carbonyl (C=O) groups is 2. The third kappa shape index (κ3) is 2.92. The summed E-state index contributed by atoms with van der Waals surface area (Å²) in [4.78, 5) is 28.1. The maximum Gasteiger partial charge on any atom is 0.316 e. The average Bonchev–Trinajstić information content (AvgIpc) is 3.38. The van der Waals surface area contributed by atoms with E-state index in [1.807, 2.05) is 9.80 Å². The second kappa shape index (κ2) is 6.67. The van der Waals surface area contributed by atoms with Crippen molar-refractivity contribution in [2.45, 2.75) is 25.3 Å². The number of halogens is 1. The van der Waals surface area contributed by atoms with Gasteiger partial charge in [0.25, 0.3) is 0 Å². The Morgan fingerprint density at radius 2 is 2.07 bits per heavy atom. The maximum atomic E-state index is 15.1. The third-order valence-corrected chi connectivity index (χ3v) is 5.86. The van der Waals surface area contributed by atoms with Gasteiger partial charge in [0.1, 0.15) is 11.6 Å². The van der Waals surface area contributed by atoms with Gasteiger partial charge < -0.3 is 25.4 Å². The molecular weight excluding hydrogens is 353 g/mol. The van der Waals surface area contributed by atoms with Crippen molar-refractivity contribution in [1.82, 2.24) is 0 Å². The van der Waals surface area contributed by atoms with Gasteiger partial charge in [-0.15, -0.1) is 0 Å². The Bertz CT molecular complexity index is 796. The molecule has 1 aromatic carbocycles. The van der Waals surface area contributed by atoms with Gasteiger partial charge in [-0.1, -0.05) is 0 Å². The average molecular weight is 377 g/mol. The van der Waals surface area contributed by atoms with Gasteiger partial charge in [0.2, 0.25) is 0 Å². The number of benzene rings is 1. The molecule has 1 unspecified atom stereocenters. The van der Waals surface area contributed by atoms with Gasteiger partial charge in [-0.3, -0.25) is 9.59 Å². The molecule has 3 N–H and O–H groups in total. The topological polar surface area (TPSA) is 96.1 Å². The van der Waals surface area contributed by atoms with Gasteiger partial charge in [-0.25, -0.2) is 4.39 Å². The minimum Gasteiger partial charge on any atom is -0.492 e. The van der Waals surface area contributed by atoms with E-state index in [1.165, 1.54) is 13.2 Å². The summed E-state index contributed by atoms with van der Waals surface area (Å²) < 4.78 is 20.7. The Labute approximate surface area is 156 Å². The third-order valence-electron chi connectivity index (χ3n) is 5.86. The summed E-state index contributed by atoms with van der Waals surface area (Å²) in [6.45, 7) is 1.94. The van der Waals surface area contributed by atoms with E-state index in [2.05, 4.69) is 0 Å². The summed E-state index contributed by atoms with van der Waals surface area (Å²) in [5.74, 6) is -2.85. The lowest BCUT2D eigenvalue weighted by atomic mass is 9.89. The van der Waals surface area contributed by atoms with E-state index in [0.29, 0.717) is 42.7 Å². The molecule has 7 nitrogen and oxygen atoms in total. The Morgan fingerprint density at radius 1 is 1.33 bits per heavy atom. The van der Waals surface area contributed by atoms with Crippen molar-refractivity contribution < 1.29 is 23.8 Å². The fourth-order valence-corrected chi connectivity index (χ4v) is 4.26. The Balaban J connectivity index is 1.85. The number of fused-ring (bicyclic) bond motifs is 1. The van der Waals surface area contributed by atoms with Crippen LogP contribution in [-0.2, 0) is 4.79 Å². The largest absolute Gasteiger partial charge is 0.492 e. The SMILES string of the molecule is COc1c(N2CC[C@@H](CN)C2)c(F)cc2c1N(C1CC1)CC(C(=O)O)C2=O. The Morgan fingerprint density at radius 3 is 2.63 bits per heavy atom. The fourth-order valence-electron chi connectivity index (χ4n) is 4.26. The maximum absolute atomic E-state index is 15.1. The number of ketones is 1. The lowest BCUT2D eigenvalue weighted by Crippen LogP contribution is -2.44. The zero-order chi connectivity index (χ0) is 19.3. The predicted molar refractivity (Wildman–Crippen MR) is 98.2 cm³/mol. The molecule has 2 atom stereocenters. The molecule has 0 spiro atoms. The first-order valence-electron chi connectivity index (χ1n) is 9.35. The van der Waals surface area contributed by atoms with Crippen molar-refractivity contribution in [1.29, 1.82) is 0 Å². The summed E-state index contributed by atoms with van der Waals surface area (Å²) in [5.41, 5.74) is 6.75. The number of Topliss-reactive ketones (excluding diaryl/α,β-unsaturated/α-hetero) is 1. The highest BCUT2D eigenvalue weighted by molar-refractivity contribution is 6.14. The highest BCUT2D eigenvalue weighted by atomic mass is 19.1. The number of hydrogen-bond acceptors (Lipinski definition) is 6. The quantitative estimate of drug-likeness (QED) is 0.751. The molecule has 0 aromatic heterocycles. The molecule has 1 saturated carbocycles. The Kier molecular flexibility index (Phi) is 4.46. The number of methoxy groups -OCH3 is 1. The summed E-state index contributed by atoms with van der Waals surface area (Å²) in [6, 6.07) is 1.36. The molecule has 0 amide bonds. The van der Waals surface area contributed by atoms with Crippen molar-refractivity contribution in [3.63, 3.8) is 0 Å². The molecule has 2 fully saturated rings. The van der Waals surface area contributed by atoms with E-state index >= 15 is 4.39 Å². The van der Waals surface area contributed by atoms with Crippen LogP contribution in [0.2, 0.25) is 0 Å². The van der Waals surface area contributed by atoms with Gasteiger partial charge in [-0.2, -0.15) is 0 Å². The van der Waals surface area contributed by atoms with Crippen LogP contribution in [0.5, 0.6) is 5.75 Å². The molecule has 1 aliphatic carbocycles. The number of nitrogens with zero attached hydrogens (tertiary/aromatic N) is 2. The van der Waals surface area contributed by atoms with Gasteiger partial charge in [-0.05, 0) is 37.8 Å². The molecule has 3 aliphatic rings. The number of carboxylic acids is 1. The van der Waals surface area contributed by atoms with Crippen LogP contribution in [0.25, 0.3) is 0 Å². The van der Waals surface area contributed by atoms with Crippen LogP contribution in [0.15, 0.2) is 6.07 Å². The summed E-state index contributed by atoms with van der Waals surface area (Å²) in [5, 5.41) is 9.44. The minimum absolute atomic E-state index is 0.0959. The minimum atomic E-state index is -1.18. The number of hydrogen-bond donors (Lipinski definition) is 2. The molecule has 2 heterocycles. The first-order valence-corrected chi connectivity index (χ1v) is 9.35. The molecule has 4 rings (SSSR count). The molecular formula is C19H24FN3O4. The van der Waals surface area contributed by atoms with E-state index in [1.54, 1.807) is 0 Å². The summed E-state index contributed by atoms with van der Waals surface area (Å²) in [7, 11) is 1.47. The standard InChI is InChI=1S/C19H24FN3O4/c1-27-18-15-12(6-14(20)16(18)22-5-4-10(7-21)8-22)17(24)13(19(25)26)9-23(15)11-2-3-11/h6,10-11,13H,2-5,7-9,21H2,1H3,(H,25,26)/t10-,13?/m0/s1. The fraction of sp³-hybridized carbons (Fsp3) is 0.579. The second-order valence-electron chi connectivity index (χ2n) is 7.61. The number of ether oxygens (including phenoxy) is 1. The number of rotatable bonds is 5. The van der Waals surface area contributed by atoms with Crippen LogP contribution in [0.3, 0.4) is 0 Å². The van der Waals surface area contributed by atoms with E-state index < -0.39 is 23.5 Å². The highest BCUT2D eigenvalue weighted by Gasteiger charge is 2.45. The number of anilines is 2. The first-order chi connectivity index (χ1) is 13.0. The number of nitrogens with two attached hydrogens (primary N) is 1. The zero-order valence-electron chi connectivity index (χ0n) is 15.3. The zero-order valence-corrected chi connectivity index (χ0v) is 15.3. The van der Waals surface area contributed by atoms with Crippen LogP contribution < -0.4 is 20.3 Å². The normalized spacial score (nSPS) is 24.9. The molecule has 0 bridgehead atoms. The number of aliphatic carboxylic acids is 1. The van der Waals surface area contributed by atoms with Crippen molar-refractivity contribution >= 4 is 23.1 Å². The molecule has 2 aliphatic heterocycles. The van der Waals surface area contributed by atoms with Crippen LogP contribution in [-0.4, -0.2) is 56.2 Å². The van der Waals surface area contributed by atoms with E-state index in [-0.39, 0.29) is 18.2 Å². The van der Waals surface area contributed by atoms with Crippen molar-refractivity contribution in [2.24, 2.45) is 17.6 Å². The highest BCUT2D eigenvalue weighted by Crippen LogP contribution is 2.49. The van der Waals surface area contributed by atoms with Crippen molar-refractivity contribution in [3.8, 4) is 5.75 Å². The Hall–Kier alpha value is -2.35. The molecule has 1 saturated heterocycles. The molecule has 146 valence electrons. The van der Waals surface area contributed by atoms with Gasteiger partial charge in [0.15, 0.2) is 17.3 Å².